The van der Waals surface area contributed by atoms with Crippen LogP contribution in [0.25, 0.3) is 0 Å². The maximum absolute atomic E-state index is 14.1. The molecule has 1 heterocycles. The number of carbonyl (C=O) groups is 3. The van der Waals surface area contributed by atoms with Gasteiger partial charge in [0, 0.05) is 6.42 Å². The third-order valence-electron chi connectivity index (χ3n) is 4.39. The van der Waals surface area contributed by atoms with Gasteiger partial charge in [-0.2, -0.15) is 0 Å². The number of nitrogens with zero attached hydrogens (tertiary/aromatic N) is 1. The molecular weight excluding hydrogens is 277 g/mol. The van der Waals surface area contributed by atoms with E-state index >= 15 is 0 Å². The summed E-state index contributed by atoms with van der Waals surface area (Å²) in [6, 6.07) is 3.21. The number of amides is 2. The third kappa shape index (κ3) is 2.02. The fourth-order valence-corrected chi connectivity index (χ4v) is 3.30. The Bertz CT molecular complexity index is 649. The second-order valence-corrected chi connectivity index (χ2v) is 5.67. The van der Waals surface area contributed by atoms with Gasteiger partial charge in [-0.25, -0.2) is 14.1 Å². The number of halogens is 1. The molecule has 0 atom stereocenters. The van der Waals surface area contributed by atoms with Crippen molar-refractivity contribution in [2.45, 2.75) is 32.1 Å². The quantitative estimate of drug-likeness (QED) is 0.849. The van der Waals surface area contributed by atoms with E-state index < -0.39 is 23.1 Å². The molecule has 1 aromatic carbocycles. The van der Waals surface area contributed by atoms with Crippen molar-refractivity contribution in [3.8, 4) is 0 Å². The average Bonchev–Trinajstić information content (AvgIpc) is 2.98. The number of hydrogen-bond acceptors (Lipinski definition) is 3. The van der Waals surface area contributed by atoms with Crippen LogP contribution in [0.3, 0.4) is 0 Å². The standard InChI is InChI=1S/C15H14FNO4/c16-10-7-9(13(19)20)3-4-11(10)17-12(18)8-15(14(17)21)5-1-2-6-15/h3-4,7H,1-2,5-6,8H2,(H,19,20). The molecule has 1 spiro atoms. The summed E-state index contributed by atoms with van der Waals surface area (Å²) >= 11 is 0. The normalized spacial score (nSPS) is 20.5. The molecule has 6 heteroatoms. The van der Waals surface area contributed by atoms with Crippen molar-refractivity contribution in [2.75, 3.05) is 4.90 Å². The molecule has 2 aliphatic rings. The molecule has 2 amide bonds. The molecule has 1 saturated carbocycles. The number of benzene rings is 1. The molecule has 1 N–H and O–H groups in total. The van der Waals surface area contributed by atoms with Gasteiger partial charge in [0.1, 0.15) is 5.82 Å². The number of aromatic carboxylic acids is 1. The van der Waals surface area contributed by atoms with E-state index in [1.807, 2.05) is 0 Å². The van der Waals surface area contributed by atoms with E-state index in [4.69, 9.17) is 5.11 Å². The van der Waals surface area contributed by atoms with E-state index in [9.17, 15) is 18.8 Å². The Morgan fingerprint density at radius 2 is 1.90 bits per heavy atom. The molecule has 3 rings (SSSR count). The van der Waals surface area contributed by atoms with E-state index in [2.05, 4.69) is 0 Å². The van der Waals surface area contributed by atoms with E-state index in [1.54, 1.807) is 0 Å². The second-order valence-electron chi connectivity index (χ2n) is 5.67. The van der Waals surface area contributed by atoms with Crippen LogP contribution >= 0.6 is 0 Å². The van der Waals surface area contributed by atoms with Gasteiger partial charge < -0.3 is 5.11 Å². The third-order valence-corrected chi connectivity index (χ3v) is 4.39. The van der Waals surface area contributed by atoms with Crippen LogP contribution in [0.4, 0.5) is 10.1 Å². The number of rotatable bonds is 2. The molecule has 5 nitrogen and oxygen atoms in total. The Kier molecular flexibility index (Phi) is 3.04. The van der Waals surface area contributed by atoms with Gasteiger partial charge in [0.05, 0.1) is 16.7 Å². The van der Waals surface area contributed by atoms with Gasteiger partial charge in [-0.1, -0.05) is 12.8 Å². The SMILES string of the molecule is O=C(O)c1ccc(N2C(=O)CC3(CCCC3)C2=O)c(F)c1. The maximum Gasteiger partial charge on any atom is 0.335 e. The van der Waals surface area contributed by atoms with Gasteiger partial charge in [0.2, 0.25) is 11.8 Å². The molecular formula is C15H14FNO4. The molecule has 2 fully saturated rings. The summed E-state index contributed by atoms with van der Waals surface area (Å²) in [6.45, 7) is 0. The summed E-state index contributed by atoms with van der Waals surface area (Å²) in [5, 5.41) is 8.82. The largest absolute Gasteiger partial charge is 0.478 e. The minimum atomic E-state index is -1.26. The maximum atomic E-state index is 14.1. The molecule has 21 heavy (non-hydrogen) atoms. The Balaban J connectivity index is 1.99. The highest BCUT2D eigenvalue weighted by atomic mass is 19.1. The molecule has 0 bridgehead atoms. The fourth-order valence-electron chi connectivity index (χ4n) is 3.30. The lowest BCUT2D eigenvalue weighted by molar-refractivity contribution is -0.125. The summed E-state index contributed by atoms with van der Waals surface area (Å²) < 4.78 is 14.1. The number of carboxylic acids is 1. The van der Waals surface area contributed by atoms with Crippen LogP contribution in [-0.2, 0) is 9.59 Å². The zero-order chi connectivity index (χ0) is 15.2. The first-order valence-corrected chi connectivity index (χ1v) is 6.85. The zero-order valence-corrected chi connectivity index (χ0v) is 11.3. The van der Waals surface area contributed by atoms with Crippen LogP contribution in [-0.4, -0.2) is 22.9 Å². The lowest BCUT2D eigenvalue weighted by atomic mass is 9.84. The first-order chi connectivity index (χ1) is 9.94. The van der Waals surface area contributed by atoms with Gasteiger partial charge in [-0.3, -0.25) is 9.59 Å². The van der Waals surface area contributed by atoms with Gasteiger partial charge in [0.15, 0.2) is 0 Å². The van der Waals surface area contributed by atoms with Crippen LogP contribution in [0, 0.1) is 11.2 Å². The van der Waals surface area contributed by atoms with Crippen molar-refractivity contribution in [3.05, 3.63) is 29.6 Å². The second kappa shape index (κ2) is 4.65. The number of carbonyl (C=O) groups excluding carboxylic acids is 2. The molecule has 1 aliphatic heterocycles. The fraction of sp³-hybridized carbons (Fsp3) is 0.400. The first-order valence-electron chi connectivity index (χ1n) is 6.85. The average molecular weight is 291 g/mol. The Morgan fingerprint density at radius 1 is 1.24 bits per heavy atom. The van der Waals surface area contributed by atoms with Gasteiger partial charge >= 0.3 is 5.97 Å². The Hall–Kier alpha value is -2.24. The summed E-state index contributed by atoms with van der Waals surface area (Å²) in [4.78, 5) is 36.4. The van der Waals surface area contributed by atoms with Crippen molar-refractivity contribution in [2.24, 2.45) is 5.41 Å². The number of anilines is 1. The van der Waals surface area contributed by atoms with E-state index in [0.717, 1.165) is 23.8 Å². The highest BCUT2D eigenvalue weighted by Crippen LogP contribution is 2.48. The van der Waals surface area contributed by atoms with Crippen LogP contribution in [0.5, 0.6) is 0 Å². The van der Waals surface area contributed by atoms with Crippen LogP contribution in [0.1, 0.15) is 42.5 Å². The monoisotopic (exact) mass is 291 g/mol. The topological polar surface area (TPSA) is 74.7 Å². The summed E-state index contributed by atoms with van der Waals surface area (Å²) in [5.74, 6) is -2.89. The molecule has 1 saturated heterocycles. The highest BCUT2D eigenvalue weighted by molar-refractivity contribution is 6.22. The molecule has 0 aromatic heterocycles. The number of hydrogen-bond donors (Lipinski definition) is 1. The van der Waals surface area contributed by atoms with Crippen molar-refractivity contribution in [3.63, 3.8) is 0 Å². The first kappa shape index (κ1) is 13.7. The summed E-state index contributed by atoms with van der Waals surface area (Å²) in [5.41, 5.74) is -1.04. The molecule has 0 radical (unpaired) electrons. The Morgan fingerprint density at radius 3 is 2.48 bits per heavy atom. The van der Waals surface area contributed by atoms with Gasteiger partial charge in [-0.05, 0) is 31.0 Å². The number of carboxylic acid groups (broad SMARTS) is 1. The van der Waals surface area contributed by atoms with Crippen LogP contribution in [0.15, 0.2) is 18.2 Å². The molecule has 0 unspecified atom stereocenters. The van der Waals surface area contributed by atoms with Crippen molar-refractivity contribution in [1.29, 1.82) is 0 Å². The Labute approximate surface area is 120 Å². The summed E-state index contributed by atoms with van der Waals surface area (Å²) in [6.07, 6.45) is 3.22. The molecule has 1 aliphatic carbocycles. The van der Waals surface area contributed by atoms with E-state index in [0.29, 0.717) is 12.8 Å². The zero-order valence-electron chi connectivity index (χ0n) is 11.3. The summed E-state index contributed by atoms with van der Waals surface area (Å²) in [7, 11) is 0. The minimum absolute atomic E-state index is 0.117. The highest BCUT2D eigenvalue weighted by Gasteiger charge is 2.53. The predicted molar refractivity (Wildman–Crippen MR) is 71.4 cm³/mol. The predicted octanol–water partition coefficient (Wildman–Crippen LogP) is 2.35. The minimum Gasteiger partial charge on any atom is -0.478 e. The van der Waals surface area contributed by atoms with E-state index in [-0.39, 0.29) is 23.6 Å². The van der Waals surface area contributed by atoms with Crippen molar-refractivity contribution >= 4 is 23.5 Å². The van der Waals surface area contributed by atoms with Crippen molar-refractivity contribution in [1.82, 2.24) is 0 Å². The smallest absolute Gasteiger partial charge is 0.335 e. The lowest BCUT2D eigenvalue weighted by Crippen LogP contribution is -2.35. The van der Waals surface area contributed by atoms with Crippen molar-refractivity contribution < 1.29 is 23.9 Å². The van der Waals surface area contributed by atoms with Gasteiger partial charge in [-0.15, -0.1) is 0 Å². The van der Waals surface area contributed by atoms with Crippen LogP contribution in [0.2, 0.25) is 0 Å². The molecule has 1 aromatic rings. The van der Waals surface area contributed by atoms with E-state index in [1.165, 1.54) is 12.1 Å². The van der Waals surface area contributed by atoms with Crippen LogP contribution < -0.4 is 4.90 Å². The number of imide groups is 1. The molecule has 110 valence electrons. The lowest BCUT2D eigenvalue weighted by Gasteiger charge is -2.21. The van der Waals surface area contributed by atoms with Gasteiger partial charge in [0.25, 0.3) is 0 Å².